The summed E-state index contributed by atoms with van der Waals surface area (Å²) in [7, 11) is 0. The van der Waals surface area contributed by atoms with E-state index in [9.17, 15) is 14.4 Å². The SMILES string of the molecule is CCCCCCCOc1ccc(C(=O)Oc2ccc(C[C@H](NC(=O)c3ccc(C)cc3C)C(C)=O)cc2)cc1. The monoisotopic (exact) mass is 529 g/mol. The van der Waals surface area contributed by atoms with Crippen LogP contribution in [0.4, 0.5) is 0 Å². The van der Waals surface area contributed by atoms with Crippen molar-refractivity contribution in [2.75, 3.05) is 6.61 Å². The molecule has 3 aromatic carbocycles. The van der Waals surface area contributed by atoms with E-state index in [2.05, 4.69) is 12.2 Å². The van der Waals surface area contributed by atoms with Gasteiger partial charge in [-0.25, -0.2) is 4.79 Å². The number of amides is 1. The summed E-state index contributed by atoms with van der Waals surface area (Å²) in [5.74, 6) is 0.260. The topological polar surface area (TPSA) is 81.7 Å². The number of nitrogens with one attached hydrogen (secondary N) is 1. The van der Waals surface area contributed by atoms with Gasteiger partial charge in [0.25, 0.3) is 5.91 Å². The van der Waals surface area contributed by atoms with Crippen molar-refractivity contribution in [1.29, 1.82) is 0 Å². The van der Waals surface area contributed by atoms with Gasteiger partial charge in [0.1, 0.15) is 11.5 Å². The fourth-order valence-corrected chi connectivity index (χ4v) is 4.28. The molecule has 3 aromatic rings. The first kappa shape index (κ1) is 29.6. The predicted molar refractivity (Wildman–Crippen MR) is 154 cm³/mol. The molecule has 6 nitrogen and oxygen atoms in total. The van der Waals surface area contributed by atoms with Gasteiger partial charge in [0.15, 0.2) is 5.78 Å². The minimum atomic E-state index is -0.663. The van der Waals surface area contributed by atoms with Gasteiger partial charge in [0.2, 0.25) is 0 Å². The van der Waals surface area contributed by atoms with Crippen LogP contribution in [0.25, 0.3) is 0 Å². The van der Waals surface area contributed by atoms with Crippen molar-refractivity contribution in [2.45, 2.75) is 72.3 Å². The first-order valence-corrected chi connectivity index (χ1v) is 13.7. The fourth-order valence-electron chi connectivity index (χ4n) is 4.28. The molecule has 0 heterocycles. The Hall–Kier alpha value is -3.93. The van der Waals surface area contributed by atoms with Gasteiger partial charge in [-0.2, -0.15) is 0 Å². The molecular formula is C33H39NO5. The van der Waals surface area contributed by atoms with E-state index in [-0.39, 0.29) is 11.7 Å². The van der Waals surface area contributed by atoms with Crippen LogP contribution in [0.15, 0.2) is 66.7 Å². The second kappa shape index (κ2) is 14.9. The molecule has 0 aromatic heterocycles. The van der Waals surface area contributed by atoms with Crippen molar-refractivity contribution in [3.63, 3.8) is 0 Å². The number of aryl methyl sites for hydroxylation is 2. The largest absolute Gasteiger partial charge is 0.494 e. The number of esters is 1. The van der Waals surface area contributed by atoms with Gasteiger partial charge in [0.05, 0.1) is 18.2 Å². The maximum atomic E-state index is 12.8. The molecule has 3 rings (SSSR count). The second-order valence-electron chi connectivity index (χ2n) is 9.98. The summed E-state index contributed by atoms with van der Waals surface area (Å²) < 4.78 is 11.3. The van der Waals surface area contributed by atoms with Crippen molar-refractivity contribution >= 4 is 17.7 Å². The average Bonchev–Trinajstić information content (AvgIpc) is 2.91. The van der Waals surface area contributed by atoms with E-state index in [0.717, 1.165) is 35.3 Å². The molecular weight excluding hydrogens is 490 g/mol. The van der Waals surface area contributed by atoms with Crippen LogP contribution < -0.4 is 14.8 Å². The number of ketones is 1. The Morgan fingerprint density at radius 1 is 0.821 bits per heavy atom. The molecule has 0 fully saturated rings. The Morgan fingerprint density at radius 2 is 1.49 bits per heavy atom. The Bertz CT molecular complexity index is 1250. The highest BCUT2D eigenvalue weighted by atomic mass is 16.5. The average molecular weight is 530 g/mol. The van der Waals surface area contributed by atoms with Crippen molar-refractivity contribution in [2.24, 2.45) is 0 Å². The molecule has 206 valence electrons. The third kappa shape index (κ3) is 9.40. The van der Waals surface area contributed by atoms with E-state index >= 15 is 0 Å². The van der Waals surface area contributed by atoms with E-state index in [4.69, 9.17) is 9.47 Å². The van der Waals surface area contributed by atoms with Gasteiger partial charge in [0, 0.05) is 5.56 Å². The minimum Gasteiger partial charge on any atom is -0.494 e. The van der Waals surface area contributed by atoms with Crippen LogP contribution in [0.5, 0.6) is 11.5 Å². The lowest BCUT2D eigenvalue weighted by Gasteiger charge is -2.17. The van der Waals surface area contributed by atoms with Gasteiger partial charge >= 0.3 is 5.97 Å². The second-order valence-corrected chi connectivity index (χ2v) is 9.98. The number of Topliss-reactive ketones (excluding diaryl/α,β-unsaturated/α-hetero) is 1. The maximum absolute atomic E-state index is 12.8. The van der Waals surface area contributed by atoms with Gasteiger partial charge in [-0.15, -0.1) is 0 Å². The molecule has 0 unspecified atom stereocenters. The molecule has 1 amide bonds. The lowest BCUT2D eigenvalue weighted by molar-refractivity contribution is -0.118. The molecule has 0 spiro atoms. The summed E-state index contributed by atoms with van der Waals surface area (Å²) in [6.45, 7) is 8.17. The number of carbonyl (C=O) groups is 3. The molecule has 0 aliphatic rings. The van der Waals surface area contributed by atoms with Crippen LogP contribution in [-0.2, 0) is 11.2 Å². The lowest BCUT2D eigenvalue weighted by Crippen LogP contribution is -2.41. The summed E-state index contributed by atoms with van der Waals surface area (Å²) in [6, 6.07) is 18.8. The van der Waals surface area contributed by atoms with Gasteiger partial charge < -0.3 is 14.8 Å². The number of rotatable bonds is 14. The van der Waals surface area contributed by atoms with E-state index in [1.807, 2.05) is 26.0 Å². The van der Waals surface area contributed by atoms with Crippen molar-refractivity contribution in [1.82, 2.24) is 5.32 Å². The first-order chi connectivity index (χ1) is 18.8. The normalized spacial score (nSPS) is 11.5. The van der Waals surface area contributed by atoms with Gasteiger partial charge in [-0.3, -0.25) is 9.59 Å². The Kier molecular flexibility index (Phi) is 11.3. The van der Waals surface area contributed by atoms with Crippen molar-refractivity contribution in [3.05, 3.63) is 94.5 Å². The Morgan fingerprint density at radius 3 is 2.13 bits per heavy atom. The van der Waals surface area contributed by atoms with Crippen LogP contribution in [0.2, 0.25) is 0 Å². The molecule has 6 heteroatoms. The summed E-state index contributed by atoms with van der Waals surface area (Å²) in [5.41, 5.74) is 3.76. The fraction of sp³-hybridized carbons (Fsp3) is 0.364. The smallest absolute Gasteiger partial charge is 0.343 e. The molecule has 0 aliphatic heterocycles. The highest BCUT2D eigenvalue weighted by molar-refractivity contribution is 5.98. The highest BCUT2D eigenvalue weighted by Crippen LogP contribution is 2.18. The number of ether oxygens (including phenoxy) is 2. The van der Waals surface area contributed by atoms with Gasteiger partial charge in [-0.05, 0) is 87.2 Å². The van der Waals surface area contributed by atoms with Crippen LogP contribution in [0.1, 0.15) is 83.4 Å². The van der Waals surface area contributed by atoms with Crippen molar-refractivity contribution in [3.8, 4) is 11.5 Å². The van der Waals surface area contributed by atoms with Crippen LogP contribution >= 0.6 is 0 Å². The van der Waals surface area contributed by atoms with E-state index < -0.39 is 12.0 Å². The molecule has 0 radical (unpaired) electrons. The summed E-state index contributed by atoms with van der Waals surface area (Å²) in [4.78, 5) is 37.6. The van der Waals surface area contributed by atoms with Crippen LogP contribution in [0.3, 0.4) is 0 Å². The first-order valence-electron chi connectivity index (χ1n) is 13.7. The predicted octanol–water partition coefficient (Wildman–Crippen LogP) is 6.80. The summed E-state index contributed by atoms with van der Waals surface area (Å²) >= 11 is 0. The molecule has 0 saturated carbocycles. The standard InChI is InChI=1S/C33H39NO5/c1-5-6-7-8-9-20-38-28-17-13-27(14-18-28)33(37)39-29-15-11-26(12-16-29)22-31(25(4)35)34-32(36)30-19-10-23(2)21-24(30)3/h10-19,21,31H,5-9,20,22H2,1-4H3,(H,34,36)/t31-/m0/s1. The van der Waals surface area contributed by atoms with Crippen molar-refractivity contribution < 1.29 is 23.9 Å². The molecule has 0 bridgehead atoms. The molecule has 1 N–H and O–H groups in total. The van der Waals surface area contributed by atoms with E-state index in [0.29, 0.717) is 29.9 Å². The zero-order valence-corrected chi connectivity index (χ0v) is 23.4. The number of benzene rings is 3. The Balaban J connectivity index is 1.52. The van der Waals surface area contributed by atoms with E-state index in [1.54, 1.807) is 54.6 Å². The quantitative estimate of drug-likeness (QED) is 0.141. The highest BCUT2D eigenvalue weighted by Gasteiger charge is 2.20. The van der Waals surface area contributed by atoms with E-state index in [1.165, 1.54) is 26.2 Å². The molecule has 0 aliphatic carbocycles. The summed E-state index contributed by atoms with van der Waals surface area (Å²) in [6.07, 6.45) is 6.22. The molecule has 39 heavy (non-hydrogen) atoms. The molecule has 0 saturated heterocycles. The third-order valence-electron chi connectivity index (χ3n) is 6.60. The summed E-state index contributed by atoms with van der Waals surface area (Å²) in [5, 5.41) is 2.85. The van der Waals surface area contributed by atoms with Crippen LogP contribution in [0, 0.1) is 13.8 Å². The third-order valence-corrected chi connectivity index (χ3v) is 6.60. The molecule has 1 atom stereocenters. The number of hydrogen-bond acceptors (Lipinski definition) is 5. The Labute approximate surface area is 231 Å². The lowest BCUT2D eigenvalue weighted by atomic mass is 10.0. The number of hydrogen-bond donors (Lipinski definition) is 1. The van der Waals surface area contributed by atoms with Gasteiger partial charge in [-0.1, -0.05) is 62.4 Å². The number of unbranched alkanes of at least 4 members (excludes halogenated alkanes) is 4. The number of carbonyl (C=O) groups excluding carboxylic acids is 3. The minimum absolute atomic E-state index is 0.132. The zero-order valence-electron chi connectivity index (χ0n) is 23.4. The maximum Gasteiger partial charge on any atom is 0.343 e. The van der Waals surface area contributed by atoms with Crippen LogP contribution in [-0.4, -0.2) is 30.3 Å². The zero-order chi connectivity index (χ0) is 28.2.